The van der Waals surface area contributed by atoms with E-state index in [1.165, 1.54) is 6.33 Å². The van der Waals surface area contributed by atoms with Gasteiger partial charge in [0.25, 0.3) is 0 Å². The summed E-state index contributed by atoms with van der Waals surface area (Å²) in [6.45, 7) is 7.20. The molecule has 1 aromatic heterocycles. The third-order valence-corrected chi connectivity index (χ3v) is 2.69. The Morgan fingerprint density at radius 3 is 2.68 bits per heavy atom. The molecule has 106 valence electrons. The Morgan fingerprint density at radius 1 is 1.42 bits per heavy atom. The van der Waals surface area contributed by atoms with Gasteiger partial charge < -0.3 is 15.3 Å². The van der Waals surface area contributed by atoms with Crippen LogP contribution in [0.1, 0.15) is 20.8 Å². The molecule has 1 atom stereocenters. The molecule has 0 aromatic carbocycles. The summed E-state index contributed by atoms with van der Waals surface area (Å²) in [5.74, 6) is 0.747. The van der Waals surface area contributed by atoms with Crippen molar-refractivity contribution >= 4 is 17.6 Å². The van der Waals surface area contributed by atoms with Crippen LogP contribution in [-0.2, 0) is 4.79 Å². The molecule has 1 unspecified atom stereocenters. The molecule has 2 N–H and O–H groups in total. The molecule has 0 bridgehead atoms. The second-order valence-corrected chi connectivity index (χ2v) is 5.16. The molecule has 0 radical (unpaired) electrons. The number of hydrogen-bond acceptors (Lipinski definition) is 5. The highest BCUT2D eigenvalue weighted by Gasteiger charge is 2.11. The number of rotatable bonds is 7. The minimum Gasteiger partial charge on any atom is -0.481 e. The molecule has 0 fully saturated rings. The summed E-state index contributed by atoms with van der Waals surface area (Å²) in [4.78, 5) is 21.1. The Morgan fingerprint density at radius 2 is 2.11 bits per heavy atom. The normalized spacial score (nSPS) is 12.3. The molecular weight excluding hydrogens is 244 g/mol. The zero-order chi connectivity index (χ0) is 14.4. The van der Waals surface area contributed by atoms with Gasteiger partial charge in [0.05, 0.1) is 5.92 Å². The molecule has 0 aliphatic rings. The number of anilines is 2. The van der Waals surface area contributed by atoms with E-state index >= 15 is 0 Å². The average Bonchev–Trinajstić information content (AvgIpc) is 2.35. The third-order valence-electron chi connectivity index (χ3n) is 2.69. The van der Waals surface area contributed by atoms with E-state index in [1.54, 1.807) is 6.92 Å². The largest absolute Gasteiger partial charge is 0.481 e. The molecule has 0 aliphatic carbocycles. The van der Waals surface area contributed by atoms with Crippen LogP contribution in [0.25, 0.3) is 0 Å². The molecule has 0 saturated carbocycles. The maximum Gasteiger partial charge on any atom is 0.308 e. The van der Waals surface area contributed by atoms with Gasteiger partial charge in [-0.2, -0.15) is 0 Å². The smallest absolute Gasteiger partial charge is 0.308 e. The van der Waals surface area contributed by atoms with E-state index < -0.39 is 11.9 Å². The van der Waals surface area contributed by atoms with Crippen molar-refractivity contribution in [2.45, 2.75) is 20.8 Å². The lowest BCUT2D eigenvalue weighted by Gasteiger charge is -2.20. The molecule has 1 aromatic rings. The summed E-state index contributed by atoms with van der Waals surface area (Å²) in [5, 5.41) is 11.8. The summed E-state index contributed by atoms with van der Waals surface area (Å²) < 4.78 is 0. The van der Waals surface area contributed by atoms with E-state index in [2.05, 4.69) is 34.0 Å². The standard InChI is InChI=1S/C13H22N4O2/c1-9(2)7-17(4)12-5-11(15-8-16-12)14-6-10(3)13(18)19/h5,8-10H,6-7H2,1-4H3,(H,18,19)(H,14,15,16). The fourth-order valence-electron chi connectivity index (χ4n) is 1.64. The van der Waals surface area contributed by atoms with E-state index in [-0.39, 0.29) is 0 Å². The molecular formula is C13H22N4O2. The highest BCUT2D eigenvalue weighted by atomic mass is 16.4. The molecule has 6 heteroatoms. The number of carboxylic acids is 1. The molecule has 0 saturated heterocycles. The summed E-state index contributed by atoms with van der Waals surface area (Å²) in [6, 6.07) is 1.83. The van der Waals surface area contributed by atoms with Crippen LogP contribution in [0.4, 0.5) is 11.6 Å². The predicted octanol–water partition coefficient (Wildman–Crippen LogP) is 1.70. The lowest BCUT2D eigenvalue weighted by molar-refractivity contribution is -0.140. The van der Waals surface area contributed by atoms with Crippen LogP contribution in [0, 0.1) is 11.8 Å². The third kappa shape index (κ3) is 5.11. The second-order valence-electron chi connectivity index (χ2n) is 5.16. The fourth-order valence-corrected chi connectivity index (χ4v) is 1.64. The van der Waals surface area contributed by atoms with Crippen molar-refractivity contribution in [2.24, 2.45) is 11.8 Å². The first kappa shape index (κ1) is 15.2. The number of carboxylic acid groups (broad SMARTS) is 1. The van der Waals surface area contributed by atoms with Crippen molar-refractivity contribution in [3.05, 3.63) is 12.4 Å². The Labute approximate surface area is 113 Å². The number of nitrogens with one attached hydrogen (secondary N) is 1. The lowest BCUT2D eigenvalue weighted by atomic mass is 10.2. The molecule has 1 heterocycles. The zero-order valence-corrected chi connectivity index (χ0v) is 11.9. The van der Waals surface area contributed by atoms with E-state index in [9.17, 15) is 4.79 Å². The Kier molecular flexibility index (Phi) is 5.54. The molecule has 1 rings (SSSR count). The van der Waals surface area contributed by atoms with Gasteiger partial charge in [0.2, 0.25) is 0 Å². The Bertz CT molecular complexity index is 423. The van der Waals surface area contributed by atoms with Crippen molar-refractivity contribution in [2.75, 3.05) is 30.4 Å². The van der Waals surface area contributed by atoms with Crippen LogP contribution in [0.5, 0.6) is 0 Å². The number of hydrogen-bond donors (Lipinski definition) is 2. The molecule has 0 aliphatic heterocycles. The van der Waals surface area contributed by atoms with Crippen molar-refractivity contribution in [1.29, 1.82) is 0 Å². The highest BCUT2D eigenvalue weighted by molar-refractivity contribution is 5.70. The summed E-state index contributed by atoms with van der Waals surface area (Å²) >= 11 is 0. The van der Waals surface area contributed by atoms with Crippen LogP contribution in [-0.4, -0.2) is 41.2 Å². The van der Waals surface area contributed by atoms with E-state index in [1.807, 2.05) is 13.1 Å². The van der Waals surface area contributed by atoms with E-state index in [0.29, 0.717) is 18.3 Å². The average molecular weight is 266 g/mol. The topological polar surface area (TPSA) is 78.4 Å². The predicted molar refractivity (Wildman–Crippen MR) is 75.4 cm³/mol. The summed E-state index contributed by atoms with van der Waals surface area (Å²) in [6.07, 6.45) is 1.49. The van der Waals surface area contributed by atoms with Crippen LogP contribution in [0.3, 0.4) is 0 Å². The van der Waals surface area contributed by atoms with Crippen molar-refractivity contribution in [3.8, 4) is 0 Å². The molecule has 19 heavy (non-hydrogen) atoms. The zero-order valence-electron chi connectivity index (χ0n) is 11.9. The van der Waals surface area contributed by atoms with Crippen LogP contribution in [0.2, 0.25) is 0 Å². The number of carbonyl (C=O) groups is 1. The van der Waals surface area contributed by atoms with Crippen molar-refractivity contribution in [1.82, 2.24) is 9.97 Å². The van der Waals surface area contributed by atoms with Crippen molar-refractivity contribution in [3.63, 3.8) is 0 Å². The van der Waals surface area contributed by atoms with Crippen molar-refractivity contribution < 1.29 is 9.90 Å². The Balaban J connectivity index is 2.64. The van der Waals surface area contributed by atoms with Gasteiger partial charge in [-0.1, -0.05) is 20.8 Å². The molecule has 0 amide bonds. The van der Waals surface area contributed by atoms with Crippen LogP contribution in [0.15, 0.2) is 12.4 Å². The van der Waals surface area contributed by atoms with Gasteiger partial charge in [-0.25, -0.2) is 9.97 Å². The van der Waals surface area contributed by atoms with Gasteiger partial charge >= 0.3 is 5.97 Å². The fraction of sp³-hybridized carbons (Fsp3) is 0.615. The maximum absolute atomic E-state index is 10.7. The molecule has 6 nitrogen and oxygen atoms in total. The second kappa shape index (κ2) is 6.92. The van der Waals surface area contributed by atoms with Gasteiger partial charge in [0, 0.05) is 26.2 Å². The van der Waals surface area contributed by atoms with Gasteiger partial charge in [-0.05, 0) is 5.92 Å². The summed E-state index contributed by atoms with van der Waals surface area (Å²) in [5.41, 5.74) is 0. The maximum atomic E-state index is 10.7. The lowest BCUT2D eigenvalue weighted by Crippen LogP contribution is -2.24. The minimum absolute atomic E-state index is 0.347. The van der Waals surface area contributed by atoms with E-state index in [4.69, 9.17) is 5.11 Å². The minimum atomic E-state index is -0.821. The number of aromatic nitrogens is 2. The molecule has 0 spiro atoms. The van der Waals surface area contributed by atoms with Gasteiger partial charge in [-0.3, -0.25) is 4.79 Å². The van der Waals surface area contributed by atoms with Gasteiger partial charge in [-0.15, -0.1) is 0 Å². The first-order valence-electron chi connectivity index (χ1n) is 6.40. The Hall–Kier alpha value is -1.85. The van der Waals surface area contributed by atoms with Crippen LogP contribution >= 0.6 is 0 Å². The monoisotopic (exact) mass is 266 g/mol. The first-order valence-corrected chi connectivity index (χ1v) is 6.40. The SMILES string of the molecule is CC(C)CN(C)c1cc(NCC(C)C(=O)O)ncn1. The number of nitrogens with zero attached hydrogens (tertiary/aromatic N) is 3. The highest BCUT2D eigenvalue weighted by Crippen LogP contribution is 2.14. The van der Waals surface area contributed by atoms with Gasteiger partial charge in [0.1, 0.15) is 18.0 Å². The summed E-state index contributed by atoms with van der Waals surface area (Å²) in [7, 11) is 1.98. The van der Waals surface area contributed by atoms with Gasteiger partial charge in [0.15, 0.2) is 0 Å². The first-order chi connectivity index (χ1) is 8.90. The number of aliphatic carboxylic acids is 1. The van der Waals surface area contributed by atoms with E-state index in [0.717, 1.165) is 12.4 Å². The van der Waals surface area contributed by atoms with Crippen LogP contribution < -0.4 is 10.2 Å². The quantitative estimate of drug-likeness (QED) is 0.782.